The largest absolute Gasteiger partial charge is 0.481 e. The lowest BCUT2D eigenvalue weighted by Crippen LogP contribution is -2.14. The van der Waals surface area contributed by atoms with Gasteiger partial charge in [-0.15, -0.1) is 0 Å². The van der Waals surface area contributed by atoms with Crippen molar-refractivity contribution in [3.63, 3.8) is 0 Å². The number of carbonyl (C=O) groups excluding carboxylic acids is 1. The van der Waals surface area contributed by atoms with E-state index in [-0.39, 0.29) is 6.42 Å². The van der Waals surface area contributed by atoms with Gasteiger partial charge in [0, 0.05) is 5.39 Å². The second-order valence-electron chi connectivity index (χ2n) is 4.95. The van der Waals surface area contributed by atoms with Crippen LogP contribution in [0.5, 0.6) is 0 Å². The van der Waals surface area contributed by atoms with Gasteiger partial charge in [0.2, 0.25) is 0 Å². The highest BCUT2D eigenvalue weighted by atomic mass is 16.5. The minimum Gasteiger partial charge on any atom is -0.481 e. The van der Waals surface area contributed by atoms with Gasteiger partial charge >= 0.3 is 11.9 Å². The zero-order valence-electron chi connectivity index (χ0n) is 12.3. The highest BCUT2D eigenvalue weighted by molar-refractivity contribution is 5.90. The number of carboxylic acid groups (broad SMARTS) is 1. The van der Waals surface area contributed by atoms with Gasteiger partial charge < -0.3 is 14.3 Å². The maximum absolute atomic E-state index is 11.5. The molecular formula is C16H15NO5. The predicted molar refractivity (Wildman–Crippen MR) is 77.0 cm³/mol. The summed E-state index contributed by atoms with van der Waals surface area (Å²) in [5.41, 5.74) is 2.33. The molecule has 0 aliphatic rings. The van der Waals surface area contributed by atoms with Gasteiger partial charge in [-0.1, -0.05) is 6.07 Å². The quantitative estimate of drug-likeness (QED) is 0.673. The van der Waals surface area contributed by atoms with Crippen molar-refractivity contribution in [2.24, 2.45) is 0 Å². The number of aryl methyl sites for hydroxylation is 2. The summed E-state index contributed by atoms with van der Waals surface area (Å²) in [6.45, 7) is 3.77. The molecule has 2 aromatic rings. The van der Waals surface area contributed by atoms with Gasteiger partial charge in [0.15, 0.2) is 0 Å². The number of hydrogen-bond donors (Lipinski definition) is 1. The Bertz CT molecular complexity index is 769. The molecule has 0 spiro atoms. The Hall–Kier alpha value is -2.81. The predicted octanol–water partition coefficient (Wildman–Crippen LogP) is 3.02. The van der Waals surface area contributed by atoms with Gasteiger partial charge in [0.1, 0.15) is 23.9 Å². The summed E-state index contributed by atoms with van der Waals surface area (Å²) >= 11 is 0. The van der Waals surface area contributed by atoms with Crippen LogP contribution in [-0.4, -0.2) is 17.0 Å². The average Bonchev–Trinajstić information content (AvgIpc) is 2.72. The maximum Gasteiger partial charge on any atom is 0.317 e. The van der Waals surface area contributed by atoms with Gasteiger partial charge in [0.25, 0.3) is 0 Å². The summed E-state index contributed by atoms with van der Waals surface area (Å²) in [6.07, 6.45) is -1.57. The summed E-state index contributed by atoms with van der Waals surface area (Å²) in [5, 5.41) is 18.4. The van der Waals surface area contributed by atoms with Crippen LogP contribution in [0.2, 0.25) is 0 Å². The molecule has 1 atom stereocenters. The molecule has 1 aromatic carbocycles. The van der Waals surface area contributed by atoms with E-state index in [1.807, 2.05) is 19.9 Å². The maximum atomic E-state index is 11.5. The van der Waals surface area contributed by atoms with Crippen molar-refractivity contribution >= 4 is 22.9 Å². The number of nitrogens with zero attached hydrogens (tertiary/aromatic N) is 1. The number of nitriles is 1. The third kappa shape index (κ3) is 3.26. The topological polar surface area (TPSA) is 101 Å². The van der Waals surface area contributed by atoms with E-state index < -0.39 is 24.5 Å². The Morgan fingerprint density at radius 3 is 2.77 bits per heavy atom. The van der Waals surface area contributed by atoms with Crippen molar-refractivity contribution in [2.45, 2.75) is 32.8 Å². The number of hydrogen-bond acceptors (Lipinski definition) is 5. The summed E-state index contributed by atoms with van der Waals surface area (Å²) in [5.74, 6) is -1.34. The molecule has 114 valence electrons. The van der Waals surface area contributed by atoms with Crippen molar-refractivity contribution in [1.29, 1.82) is 5.26 Å². The average molecular weight is 301 g/mol. The molecule has 0 radical (unpaired) electrons. The second kappa shape index (κ2) is 6.31. The molecule has 6 heteroatoms. The zero-order chi connectivity index (χ0) is 16.3. The summed E-state index contributed by atoms with van der Waals surface area (Å²) in [6, 6.07) is 7.21. The first kappa shape index (κ1) is 15.6. The number of furan rings is 1. The van der Waals surface area contributed by atoms with E-state index in [0.717, 1.165) is 16.7 Å². The lowest BCUT2D eigenvalue weighted by Gasteiger charge is -2.15. The molecule has 1 unspecified atom stereocenters. The second-order valence-corrected chi connectivity index (χ2v) is 4.95. The third-order valence-corrected chi connectivity index (χ3v) is 3.42. The fourth-order valence-electron chi connectivity index (χ4n) is 2.20. The van der Waals surface area contributed by atoms with Gasteiger partial charge in [-0.25, -0.2) is 0 Å². The Morgan fingerprint density at radius 1 is 1.41 bits per heavy atom. The van der Waals surface area contributed by atoms with Crippen LogP contribution in [0.15, 0.2) is 22.6 Å². The van der Waals surface area contributed by atoms with E-state index in [2.05, 4.69) is 0 Å². The molecule has 0 fully saturated rings. The van der Waals surface area contributed by atoms with Crippen LogP contribution < -0.4 is 0 Å². The van der Waals surface area contributed by atoms with E-state index in [9.17, 15) is 9.59 Å². The molecule has 22 heavy (non-hydrogen) atoms. The van der Waals surface area contributed by atoms with Crippen molar-refractivity contribution in [3.05, 3.63) is 35.1 Å². The number of benzene rings is 1. The highest BCUT2D eigenvalue weighted by Gasteiger charge is 2.20. The van der Waals surface area contributed by atoms with E-state index in [0.29, 0.717) is 11.1 Å². The SMILES string of the molecule is Cc1oc2ccc(C(CC#N)OC(=O)CC(=O)O)cc2c1C. The first-order valence-electron chi connectivity index (χ1n) is 6.70. The van der Waals surface area contributed by atoms with Crippen LogP contribution in [0.25, 0.3) is 11.0 Å². The fraction of sp³-hybridized carbons (Fsp3) is 0.312. The normalized spacial score (nSPS) is 11.9. The van der Waals surface area contributed by atoms with Gasteiger partial charge in [-0.2, -0.15) is 5.26 Å². The van der Waals surface area contributed by atoms with E-state index >= 15 is 0 Å². The lowest BCUT2D eigenvalue weighted by atomic mass is 10.0. The first-order chi connectivity index (χ1) is 10.4. The van der Waals surface area contributed by atoms with Crippen molar-refractivity contribution in [3.8, 4) is 6.07 Å². The third-order valence-electron chi connectivity index (χ3n) is 3.42. The molecule has 0 bridgehead atoms. The van der Waals surface area contributed by atoms with Crippen LogP contribution in [0, 0.1) is 25.2 Å². The van der Waals surface area contributed by atoms with Crippen molar-refractivity contribution in [1.82, 2.24) is 0 Å². The number of rotatable bonds is 5. The van der Waals surface area contributed by atoms with Crippen molar-refractivity contribution in [2.75, 3.05) is 0 Å². The van der Waals surface area contributed by atoms with E-state index in [1.54, 1.807) is 18.2 Å². The van der Waals surface area contributed by atoms with E-state index in [4.69, 9.17) is 19.5 Å². The highest BCUT2D eigenvalue weighted by Crippen LogP contribution is 2.30. The Morgan fingerprint density at radius 2 is 2.14 bits per heavy atom. The smallest absolute Gasteiger partial charge is 0.317 e. The molecule has 1 N–H and O–H groups in total. The number of ether oxygens (including phenoxy) is 1. The van der Waals surface area contributed by atoms with Crippen LogP contribution >= 0.6 is 0 Å². The summed E-state index contributed by atoms with van der Waals surface area (Å²) in [4.78, 5) is 22.0. The molecule has 0 saturated carbocycles. The molecule has 0 aliphatic heterocycles. The number of carboxylic acids is 1. The number of esters is 1. The number of carbonyl (C=O) groups is 2. The van der Waals surface area contributed by atoms with Crippen molar-refractivity contribution < 1.29 is 23.8 Å². The van der Waals surface area contributed by atoms with Crippen LogP contribution in [0.4, 0.5) is 0 Å². The van der Waals surface area contributed by atoms with Crippen LogP contribution in [-0.2, 0) is 14.3 Å². The monoisotopic (exact) mass is 301 g/mol. The number of fused-ring (bicyclic) bond motifs is 1. The van der Waals surface area contributed by atoms with E-state index in [1.165, 1.54) is 0 Å². The standard InChI is InChI=1S/C16H15NO5/c1-9-10(2)21-14-4-3-11(7-12(9)14)13(5-6-17)22-16(20)8-15(18)19/h3-4,7,13H,5,8H2,1-2H3,(H,18,19). The van der Waals surface area contributed by atoms with Crippen LogP contribution in [0.1, 0.15) is 35.8 Å². The summed E-state index contributed by atoms with van der Waals surface area (Å²) in [7, 11) is 0. The minimum absolute atomic E-state index is 0.0489. The molecular weight excluding hydrogens is 286 g/mol. The lowest BCUT2D eigenvalue weighted by molar-refractivity contribution is -0.155. The summed E-state index contributed by atoms with van der Waals surface area (Å²) < 4.78 is 10.7. The molecule has 2 rings (SSSR count). The van der Waals surface area contributed by atoms with Gasteiger partial charge in [0.05, 0.1) is 12.5 Å². The van der Waals surface area contributed by atoms with Gasteiger partial charge in [-0.3, -0.25) is 9.59 Å². The Balaban J connectivity index is 2.32. The molecule has 6 nitrogen and oxygen atoms in total. The first-order valence-corrected chi connectivity index (χ1v) is 6.70. The Kier molecular flexibility index (Phi) is 4.47. The molecule has 0 aliphatic carbocycles. The Labute approximate surface area is 126 Å². The van der Waals surface area contributed by atoms with Crippen LogP contribution in [0.3, 0.4) is 0 Å². The number of aliphatic carboxylic acids is 1. The van der Waals surface area contributed by atoms with Gasteiger partial charge in [-0.05, 0) is 37.1 Å². The minimum atomic E-state index is -1.27. The molecule has 0 saturated heterocycles. The molecule has 0 amide bonds. The molecule has 1 heterocycles. The fourth-order valence-corrected chi connectivity index (χ4v) is 2.20. The zero-order valence-corrected chi connectivity index (χ0v) is 12.3. The molecule has 1 aromatic heterocycles.